The molecule has 0 aliphatic heterocycles. The lowest BCUT2D eigenvalue weighted by Crippen LogP contribution is -2.06. The molecule has 0 spiro atoms. The second-order valence-corrected chi connectivity index (χ2v) is 3.93. The molecule has 5 heteroatoms. The number of carbonyl (C=O) groups is 1. The molecule has 0 amide bonds. The van der Waals surface area contributed by atoms with Crippen LogP contribution in [0.25, 0.3) is 0 Å². The van der Waals surface area contributed by atoms with Crippen LogP contribution in [-0.4, -0.2) is 20.9 Å². The Morgan fingerprint density at radius 2 is 2.20 bits per heavy atom. The second-order valence-electron chi connectivity index (χ2n) is 3.93. The van der Waals surface area contributed by atoms with Crippen LogP contribution in [0.5, 0.6) is 0 Å². The van der Waals surface area contributed by atoms with Crippen molar-refractivity contribution in [3.05, 3.63) is 11.3 Å². The van der Waals surface area contributed by atoms with E-state index in [9.17, 15) is 4.79 Å². The van der Waals surface area contributed by atoms with Crippen molar-refractivity contribution in [3.8, 4) is 0 Å². The van der Waals surface area contributed by atoms with Gasteiger partial charge in [-0.25, -0.2) is 9.48 Å². The van der Waals surface area contributed by atoms with Gasteiger partial charge >= 0.3 is 5.97 Å². The molecule has 0 fully saturated rings. The molecule has 1 aromatic heterocycles. The van der Waals surface area contributed by atoms with Crippen LogP contribution in [0.15, 0.2) is 0 Å². The summed E-state index contributed by atoms with van der Waals surface area (Å²) in [5, 5.41) is 13.2. The van der Waals surface area contributed by atoms with E-state index in [0.717, 1.165) is 0 Å². The molecule has 0 unspecified atom stereocenters. The van der Waals surface area contributed by atoms with Gasteiger partial charge in [0.15, 0.2) is 0 Å². The Labute approximate surface area is 88.9 Å². The van der Waals surface area contributed by atoms with E-state index in [1.807, 2.05) is 20.8 Å². The van der Waals surface area contributed by atoms with Gasteiger partial charge in [0.25, 0.3) is 0 Å². The van der Waals surface area contributed by atoms with E-state index in [1.54, 1.807) is 0 Å². The van der Waals surface area contributed by atoms with E-state index < -0.39 is 5.97 Å². The summed E-state index contributed by atoms with van der Waals surface area (Å²) in [6.07, 6.45) is 0.638. The highest BCUT2D eigenvalue weighted by atomic mass is 16.4. The predicted octanol–water partition coefficient (Wildman–Crippen LogP) is 1.38. The van der Waals surface area contributed by atoms with Gasteiger partial charge in [0.2, 0.25) is 0 Å². The van der Waals surface area contributed by atoms with Crippen molar-refractivity contribution < 1.29 is 9.90 Å². The molecule has 1 aromatic rings. The standard InChI is InChI=1S/C10H17N3O2/c1-4-13-9(11)8(10(14)15)7(12-13)5-6(2)3/h6H,4-5,11H2,1-3H3,(H,14,15). The first-order chi connectivity index (χ1) is 6.97. The van der Waals surface area contributed by atoms with Crippen LogP contribution in [0.4, 0.5) is 5.82 Å². The molecule has 0 aromatic carbocycles. The van der Waals surface area contributed by atoms with Crippen molar-refractivity contribution in [1.29, 1.82) is 0 Å². The number of carboxylic acids is 1. The van der Waals surface area contributed by atoms with Crippen molar-refractivity contribution in [2.24, 2.45) is 5.92 Å². The zero-order valence-electron chi connectivity index (χ0n) is 9.32. The molecule has 0 atom stereocenters. The van der Waals surface area contributed by atoms with Crippen LogP contribution >= 0.6 is 0 Å². The minimum Gasteiger partial charge on any atom is -0.477 e. The molecule has 15 heavy (non-hydrogen) atoms. The molecule has 0 aliphatic rings. The first-order valence-electron chi connectivity index (χ1n) is 5.05. The largest absolute Gasteiger partial charge is 0.477 e. The second kappa shape index (κ2) is 4.33. The van der Waals surface area contributed by atoms with E-state index in [0.29, 0.717) is 24.6 Å². The minimum atomic E-state index is -0.997. The van der Waals surface area contributed by atoms with Crippen LogP contribution in [-0.2, 0) is 13.0 Å². The van der Waals surface area contributed by atoms with Crippen molar-refractivity contribution in [2.75, 3.05) is 5.73 Å². The van der Waals surface area contributed by atoms with Gasteiger partial charge in [0.05, 0.1) is 5.69 Å². The van der Waals surface area contributed by atoms with Crippen molar-refractivity contribution in [1.82, 2.24) is 9.78 Å². The number of nitrogen functional groups attached to an aromatic ring is 1. The molecule has 1 rings (SSSR count). The Morgan fingerprint density at radius 1 is 1.60 bits per heavy atom. The smallest absolute Gasteiger partial charge is 0.341 e. The normalized spacial score (nSPS) is 10.9. The molecular formula is C10H17N3O2. The summed E-state index contributed by atoms with van der Waals surface area (Å²) in [5.41, 5.74) is 6.45. The lowest BCUT2D eigenvalue weighted by Gasteiger charge is -2.01. The van der Waals surface area contributed by atoms with E-state index in [4.69, 9.17) is 10.8 Å². The average molecular weight is 211 g/mol. The number of aryl methyl sites for hydroxylation is 1. The summed E-state index contributed by atoms with van der Waals surface area (Å²) in [6.45, 7) is 6.51. The van der Waals surface area contributed by atoms with Crippen LogP contribution in [0.2, 0.25) is 0 Å². The molecule has 0 bridgehead atoms. The lowest BCUT2D eigenvalue weighted by molar-refractivity contribution is 0.0696. The maximum Gasteiger partial charge on any atom is 0.341 e. The number of aromatic carboxylic acids is 1. The third-order valence-electron chi connectivity index (χ3n) is 2.18. The molecule has 0 saturated carbocycles. The quantitative estimate of drug-likeness (QED) is 0.788. The average Bonchev–Trinajstić information content (AvgIpc) is 2.41. The zero-order chi connectivity index (χ0) is 11.6. The Morgan fingerprint density at radius 3 is 2.60 bits per heavy atom. The highest BCUT2D eigenvalue weighted by Crippen LogP contribution is 2.19. The number of nitrogens with zero attached hydrogens (tertiary/aromatic N) is 2. The van der Waals surface area contributed by atoms with Gasteiger partial charge in [0.1, 0.15) is 11.4 Å². The molecule has 1 heterocycles. The number of hydrogen-bond donors (Lipinski definition) is 2. The summed E-state index contributed by atoms with van der Waals surface area (Å²) < 4.78 is 1.53. The van der Waals surface area contributed by atoms with E-state index in [-0.39, 0.29) is 11.4 Å². The topological polar surface area (TPSA) is 81.1 Å². The Kier molecular flexibility index (Phi) is 3.34. The van der Waals surface area contributed by atoms with Gasteiger partial charge in [-0.1, -0.05) is 13.8 Å². The predicted molar refractivity (Wildman–Crippen MR) is 57.8 cm³/mol. The molecule has 5 nitrogen and oxygen atoms in total. The van der Waals surface area contributed by atoms with Crippen molar-refractivity contribution in [2.45, 2.75) is 33.7 Å². The van der Waals surface area contributed by atoms with E-state index in [1.165, 1.54) is 4.68 Å². The lowest BCUT2D eigenvalue weighted by atomic mass is 10.0. The molecular weight excluding hydrogens is 194 g/mol. The Balaban J connectivity index is 3.18. The first kappa shape index (κ1) is 11.6. The third kappa shape index (κ3) is 2.29. The number of nitrogens with two attached hydrogens (primary N) is 1. The van der Waals surface area contributed by atoms with Crippen LogP contribution in [0.3, 0.4) is 0 Å². The maximum atomic E-state index is 11.0. The summed E-state index contributed by atoms with van der Waals surface area (Å²) in [4.78, 5) is 11.0. The van der Waals surface area contributed by atoms with E-state index in [2.05, 4.69) is 5.10 Å². The SMILES string of the molecule is CCn1nc(CC(C)C)c(C(=O)O)c1N. The van der Waals surface area contributed by atoms with Crippen molar-refractivity contribution in [3.63, 3.8) is 0 Å². The van der Waals surface area contributed by atoms with Crippen LogP contribution in [0.1, 0.15) is 36.8 Å². The molecule has 3 N–H and O–H groups in total. The molecule has 84 valence electrons. The summed E-state index contributed by atoms with van der Waals surface area (Å²) >= 11 is 0. The summed E-state index contributed by atoms with van der Waals surface area (Å²) in [5.74, 6) is -0.383. The van der Waals surface area contributed by atoms with Gasteiger partial charge in [-0.05, 0) is 19.3 Å². The number of aromatic nitrogens is 2. The highest BCUT2D eigenvalue weighted by molar-refractivity contribution is 5.94. The summed E-state index contributed by atoms with van der Waals surface area (Å²) in [7, 11) is 0. The Hall–Kier alpha value is -1.52. The third-order valence-corrected chi connectivity index (χ3v) is 2.18. The van der Waals surface area contributed by atoms with Gasteiger partial charge in [-0.15, -0.1) is 0 Å². The fourth-order valence-corrected chi connectivity index (χ4v) is 1.53. The first-order valence-corrected chi connectivity index (χ1v) is 5.05. The van der Waals surface area contributed by atoms with Gasteiger partial charge in [0, 0.05) is 6.54 Å². The van der Waals surface area contributed by atoms with Gasteiger partial charge in [-0.2, -0.15) is 5.10 Å². The fourth-order valence-electron chi connectivity index (χ4n) is 1.53. The maximum absolute atomic E-state index is 11.0. The fraction of sp³-hybridized carbons (Fsp3) is 0.600. The highest BCUT2D eigenvalue weighted by Gasteiger charge is 2.21. The Bertz CT molecular complexity index is 369. The molecule has 0 saturated heterocycles. The number of rotatable bonds is 4. The minimum absolute atomic E-state index is 0.158. The molecule has 0 aliphatic carbocycles. The van der Waals surface area contributed by atoms with Crippen molar-refractivity contribution >= 4 is 11.8 Å². The van der Waals surface area contributed by atoms with Crippen LogP contribution < -0.4 is 5.73 Å². The number of hydrogen-bond acceptors (Lipinski definition) is 3. The number of anilines is 1. The van der Waals surface area contributed by atoms with Gasteiger partial charge < -0.3 is 10.8 Å². The number of carboxylic acid groups (broad SMARTS) is 1. The zero-order valence-corrected chi connectivity index (χ0v) is 9.32. The summed E-state index contributed by atoms with van der Waals surface area (Å²) in [6, 6.07) is 0. The van der Waals surface area contributed by atoms with E-state index >= 15 is 0 Å². The van der Waals surface area contributed by atoms with Gasteiger partial charge in [-0.3, -0.25) is 0 Å². The van der Waals surface area contributed by atoms with Crippen LogP contribution in [0, 0.1) is 5.92 Å². The monoisotopic (exact) mass is 211 g/mol. The molecule has 0 radical (unpaired) electrons.